The molecular weight excluding hydrogens is 590 g/mol. The number of pyridine rings is 1. The Balaban J connectivity index is 1.23. The lowest BCUT2D eigenvalue weighted by Crippen LogP contribution is -2.50. The molecule has 3 heterocycles. The Morgan fingerprint density at radius 3 is 2.36 bits per heavy atom. The molecule has 2 saturated heterocycles. The van der Waals surface area contributed by atoms with Gasteiger partial charge in [0.25, 0.3) is 5.91 Å². The molecule has 0 spiro atoms. The SMILES string of the molecule is C=CCN(C(=O)Cc1ccc(S(=O)(=O)NC)cc1)C1CCN(C[C@H]2CN(C(=O)c3ccncc3)C[C@]2(O)c2ccccc2)CC1. The van der Waals surface area contributed by atoms with Crippen LogP contribution in [0.15, 0.2) is 96.7 Å². The number of hydrogen-bond donors (Lipinski definition) is 2. The molecule has 0 saturated carbocycles. The van der Waals surface area contributed by atoms with E-state index in [9.17, 15) is 23.1 Å². The quantitative estimate of drug-likeness (QED) is 0.312. The van der Waals surface area contributed by atoms with E-state index in [2.05, 4.69) is 21.2 Å². The van der Waals surface area contributed by atoms with E-state index >= 15 is 0 Å². The van der Waals surface area contributed by atoms with Crippen LogP contribution in [0.4, 0.5) is 0 Å². The number of piperidine rings is 1. The number of hydrogen-bond acceptors (Lipinski definition) is 7. The third kappa shape index (κ3) is 7.33. The van der Waals surface area contributed by atoms with Crippen LogP contribution in [0.2, 0.25) is 0 Å². The average Bonchev–Trinajstić information content (AvgIpc) is 3.41. The molecule has 10 nitrogen and oxygen atoms in total. The second-order valence-electron chi connectivity index (χ2n) is 11.8. The molecule has 0 bridgehead atoms. The Hall–Kier alpha value is -3.90. The highest BCUT2D eigenvalue weighted by molar-refractivity contribution is 7.89. The van der Waals surface area contributed by atoms with Crippen molar-refractivity contribution in [1.29, 1.82) is 0 Å². The third-order valence-corrected chi connectivity index (χ3v) is 10.4. The number of benzene rings is 2. The molecular formula is C34H41N5O5S. The predicted octanol–water partition coefficient (Wildman–Crippen LogP) is 2.67. The number of aromatic nitrogens is 1. The van der Waals surface area contributed by atoms with E-state index in [0.717, 1.165) is 37.1 Å². The highest BCUT2D eigenvalue weighted by Crippen LogP contribution is 2.38. The van der Waals surface area contributed by atoms with Crippen molar-refractivity contribution in [3.05, 3.63) is 108 Å². The van der Waals surface area contributed by atoms with Gasteiger partial charge in [-0.05, 0) is 55.3 Å². The summed E-state index contributed by atoms with van der Waals surface area (Å²) in [5.41, 5.74) is 0.907. The van der Waals surface area contributed by atoms with Crippen LogP contribution >= 0.6 is 0 Å². The maximum absolute atomic E-state index is 13.4. The first-order chi connectivity index (χ1) is 21.6. The Kier molecular flexibility index (Phi) is 10.1. The molecule has 2 fully saturated rings. The van der Waals surface area contributed by atoms with Gasteiger partial charge in [-0.1, -0.05) is 48.5 Å². The van der Waals surface area contributed by atoms with Crippen LogP contribution < -0.4 is 4.72 Å². The van der Waals surface area contributed by atoms with Crippen molar-refractivity contribution in [2.24, 2.45) is 5.92 Å². The van der Waals surface area contributed by atoms with Gasteiger partial charge in [0, 0.05) is 62.6 Å². The van der Waals surface area contributed by atoms with Gasteiger partial charge in [-0.2, -0.15) is 0 Å². The topological polar surface area (TPSA) is 123 Å². The molecule has 11 heteroatoms. The Bertz CT molecular complexity index is 1580. The van der Waals surface area contributed by atoms with Crippen molar-refractivity contribution in [3.63, 3.8) is 0 Å². The lowest BCUT2D eigenvalue weighted by molar-refractivity contribution is -0.133. The lowest BCUT2D eigenvalue weighted by Gasteiger charge is -2.40. The number of carbonyl (C=O) groups excluding carboxylic acids is 2. The molecule has 5 rings (SSSR count). The summed E-state index contributed by atoms with van der Waals surface area (Å²) in [6.07, 6.45) is 6.65. The average molecular weight is 632 g/mol. The van der Waals surface area contributed by atoms with Gasteiger partial charge in [-0.3, -0.25) is 14.6 Å². The zero-order valence-electron chi connectivity index (χ0n) is 25.6. The molecule has 2 atom stereocenters. The molecule has 2 amide bonds. The Labute approximate surface area is 265 Å². The summed E-state index contributed by atoms with van der Waals surface area (Å²) in [5, 5.41) is 12.1. The fraction of sp³-hybridized carbons (Fsp3) is 0.382. The minimum absolute atomic E-state index is 0.0305. The monoisotopic (exact) mass is 631 g/mol. The molecule has 45 heavy (non-hydrogen) atoms. The second-order valence-corrected chi connectivity index (χ2v) is 13.7. The first-order valence-corrected chi connectivity index (χ1v) is 16.8. The van der Waals surface area contributed by atoms with Gasteiger partial charge in [0.15, 0.2) is 0 Å². The van der Waals surface area contributed by atoms with Gasteiger partial charge >= 0.3 is 0 Å². The van der Waals surface area contributed by atoms with Crippen molar-refractivity contribution < 1.29 is 23.1 Å². The van der Waals surface area contributed by atoms with Crippen LogP contribution in [-0.4, -0.2) is 97.4 Å². The van der Waals surface area contributed by atoms with Gasteiger partial charge in [0.05, 0.1) is 17.9 Å². The van der Waals surface area contributed by atoms with E-state index in [1.165, 1.54) is 19.2 Å². The molecule has 238 valence electrons. The highest BCUT2D eigenvalue weighted by Gasteiger charge is 2.48. The number of carbonyl (C=O) groups is 2. The lowest BCUT2D eigenvalue weighted by atomic mass is 9.83. The van der Waals surface area contributed by atoms with E-state index in [-0.39, 0.29) is 41.6 Å². The van der Waals surface area contributed by atoms with Crippen LogP contribution in [0, 0.1) is 5.92 Å². The fourth-order valence-electron chi connectivity index (χ4n) is 6.50. The summed E-state index contributed by atoms with van der Waals surface area (Å²) < 4.78 is 26.4. The van der Waals surface area contributed by atoms with Crippen molar-refractivity contribution in [3.8, 4) is 0 Å². The molecule has 2 N–H and O–H groups in total. The van der Waals surface area contributed by atoms with Crippen LogP contribution in [0.25, 0.3) is 0 Å². The predicted molar refractivity (Wildman–Crippen MR) is 172 cm³/mol. The maximum Gasteiger partial charge on any atom is 0.254 e. The molecule has 2 aromatic carbocycles. The summed E-state index contributed by atoms with van der Waals surface area (Å²) in [4.78, 5) is 36.9. The molecule has 1 aromatic heterocycles. The first kappa shape index (κ1) is 32.5. The maximum atomic E-state index is 13.4. The standard InChI is InChI=1S/C34H41N5O5S/c1-3-19-39(32(40)22-26-9-11-31(12-10-26)45(43,44)35-2)30-15-20-37(21-16-30)23-29-24-38(33(41)27-13-17-36-18-14-27)25-34(29,42)28-7-5-4-6-8-28/h3-14,17-18,29-30,35,42H,1,15-16,19-25H2,2H3/t29-,34-/m0/s1. The molecule has 0 radical (unpaired) electrons. The van der Waals surface area contributed by atoms with Crippen molar-refractivity contribution >= 4 is 21.8 Å². The van der Waals surface area contributed by atoms with Crippen LogP contribution in [-0.2, 0) is 26.8 Å². The van der Waals surface area contributed by atoms with Crippen molar-refractivity contribution in [2.45, 2.75) is 35.8 Å². The summed E-state index contributed by atoms with van der Waals surface area (Å²) in [6.45, 7) is 7.06. The zero-order valence-corrected chi connectivity index (χ0v) is 26.4. The Morgan fingerprint density at radius 1 is 1.07 bits per heavy atom. The number of sulfonamides is 1. The number of rotatable bonds is 11. The third-order valence-electron chi connectivity index (χ3n) is 9.02. The van der Waals surface area contributed by atoms with Crippen molar-refractivity contribution in [1.82, 2.24) is 24.4 Å². The van der Waals surface area contributed by atoms with Crippen molar-refractivity contribution in [2.75, 3.05) is 46.3 Å². The molecule has 2 aliphatic heterocycles. The van der Waals surface area contributed by atoms with Crippen LogP contribution in [0.3, 0.4) is 0 Å². The molecule has 0 aliphatic carbocycles. The minimum Gasteiger partial charge on any atom is -0.383 e. The smallest absolute Gasteiger partial charge is 0.254 e. The summed E-state index contributed by atoms with van der Waals surface area (Å²) in [5.74, 6) is -0.343. The largest absolute Gasteiger partial charge is 0.383 e. The Morgan fingerprint density at radius 2 is 1.73 bits per heavy atom. The van der Waals surface area contributed by atoms with E-state index in [0.29, 0.717) is 25.2 Å². The number of β-amino-alcohol motifs (C(OH)–C–C–N with tert-alkyl or cyclic N) is 1. The van der Waals surface area contributed by atoms with E-state index in [1.54, 1.807) is 47.6 Å². The fourth-order valence-corrected chi connectivity index (χ4v) is 7.23. The minimum atomic E-state index is -3.54. The first-order valence-electron chi connectivity index (χ1n) is 15.3. The van der Waals surface area contributed by atoms with Gasteiger partial charge in [0.2, 0.25) is 15.9 Å². The number of amides is 2. The van der Waals surface area contributed by atoms with Gasteiger partial charge in [-0.15, -0.1) is 6.58 Å². The second kappa shape index (κ2) is 14.0. The van der Waals surface area contributed by atoms with Gasteiger partial charge in [-0.25, -0.2) is 13.1 Å². The van der Waals surface area contributed by atoms with Crippen LogP contribution in [0.5, 0.6) is 0 Å². The van der Waals surface area contributed by atoms with E-state index in [4.69, 9.17) is 0 Å². The number of nitrogens with zero attached hydrogens (tertiary/aromatic N) is 4. The molecule has 3 aromatic rings. The molecule has 2 aliphatic rings. The van der Waals surface area contributed by atoms with E-state index in [1.807, 2.05) is 35.2 Å². The van der Waals surface area contributed by atoms with E-state index < -0.39 is 15.6 Å². The zero-order chi connectivity index (χ0) is 32.0. The normalized spacial score (nSPS) is 21.0. The van der Waals surface area contributed by atoms with Crippen LogP contribution in [0.1, 0.15) is 34.3 Å². The number of aliphatic hydroxyl groups is 1. The number of nitrogens with one attached hydrogen (secondary N) is 1. The molecule has 0 unspecified atom stereocenters. The van der Waals surface area contributed by atoms with Gasteiger partial charge < -0.3 is 19.8 Å². The summed E-state index contributed by atoms with van der Waals surface area (Å²) >= 11 is 0. The summed E-state index contributed by atoms with van der Waals surface area (Å²) in [6, 6.07) is 19.4. The number of likely N-dealkylation sites (tertiary alicyclic amines) is 2. The highest BCUT2D eigenvalue weighted by atomic mass is 32.2. The van der Waals surface area contributed by atoms with Gasteiger partial charge in [0.1, 0.15) is 5.60 Å². The summed E-state index contributed by atoms with van der Waals surface area (Å²) in [7, 11) is -2.18.